The van der Waals surface area contributed by atoms with Crippen LogP contribution in [0.2, 0.25) is 0 Å². The highest BCUT2D eigenvalue weighted by Gasteiger charge is 2.40. The highest BCUT2D eigenvalue weighted by atomic mass is 19.4. The number of rotatable bonds is 6. The number of alkyl halides is 3. The van der Waals surface area contributed by atoms with E-state index >= 15 is 0 Å². The molecule has 0 radical (unpaired) electrons. The summed E-state index contributed by atoms with van der Waals surface area (Å²) in [4.78, 5) is 19.1. The lowest BCUT2D eigenvalue weighted by Gasteiger charge is -2.38. The molecule has 3 aromatic rings. The average molecular weight is 560 g/mol. The zero-order valence-corrected chi connectivity index (χ0v) is 22.0. The molecule has 40 heavy (non-hydrogen) atoms. The SMILES string of the molecule is COc1cccc(N2CCN(C[C@H]3CN(C(=O)c4c(F)cccc4F)C[C@H]3c3cccc(C(F)(F)F)c3)CC2)c1. The fourth-order valence-corrected chi connectivity index (χ4v) is 5.73. The molecule has 0 spiro atoms. The highest BCUT2D eigenvalue weighted by Crippen LogP contribution is 2.38. The molecular weight excluding hydrogens is 529 g/mol. The first-order chi connectivity index (χ1) is 19.1. The van der Waals surface area contributed by atoms with Crippen LogP contribution in [0.25, 0.3) is 0 Å². The third-order valence-electron chi connectivity index (χ3n) is 7.83. The van der Waals surface area contributed by atoms with Crippen molar-refractivity contribution >= 4 is 11.6 Å². The molecule has 2 atom stereocenters. The molecule has 0 saturated carbocycles. The van der Waals surface area contributed by atoms with Gasteiger partial charge in [-0.25, -0.2) is 8.78 Å². The first kappa shape index (κ1) is 27.9. The van der Waals surface area contributed by atoms with Crippen molar-refractivity contribution < 1.29 is 31.5 Å². The van der Waals surface area contributed by atoms with Gasteiger partial charge in [-0.15, -0.1) is 0 Å². The van der Waals surface area contributed by atoms with Crippen molar-refractivity contribution in [3.63, 3.8) is 0 Å². The van der Waals surface area contributed by atoms with E-state index in [1.54, 1.807) is 13.2 Å². The second-order valence-electron chi connectivity index (χ2n) is 10.3. The van der Waals surface area contributed by atoms with Crippen LogP contribution in [-0.2, 0) is 6.18 Å². The number of ether oxygens (including phenoxy) is 1. The lowest BCUT2D eigenvalue weighted by atomic mass is 9.87. The summed E-state index contributed by atoms with van der Waals surface area (Å²) in [5.74, 6) is -2.58. The normalized spacial score (nSPS) is 20.1. The van der Waals surface area contributed by atoms with Gasteiger partial charge in [0.1, 0.15) is 22.9 Å². The summed E-state index contributed by atoms with van der Waals surface area (Å²) >= 11 is 0. The number of hydrogen-bond donors (Lipinski definition) is 0. The number of nitrogens with zero attached hydrogens (tertiary/aromatic N) is 3. The van der Waals surface area contributed by atoms with E-state index in [1.807, 2.05) is 24.3 Å². The van der Waals surface area contributed by atoms with E-state index in [9.17, 15) is 26.7 Å². The molecular formula is C30H30F5N3O2. The average Bonchev–Trinajstić information content (AvgIpc) is 3.37. The molecule has 5 nitrogen and oxygen atoms in total. The van der Waals surface area contributed by atoms with Crippen LogP contribution in [0.1, 0.15) is 27.4 Å². The van der Waals surface area contributed by atoms with Crippen LogP contribution >= 0.6 is 0 Å². The summed E-state index contributed by atoms with van der Waals surface area (Å²) in [6.07, 6.45) is -4.51. The minimum atomic E-state index is -4.51. The highest BCUT2D eigenvalue weighted by molar-refractivity contribution is 5.95. The number of likely N-dealkylation sites (tertiary alicyclic amines) is 1. The van der Waals surface area contributed by atoms with Crippen LogP contribution in [-0.4, -0.2) is 68.6 Å². The first-order valence-corrected chi connectivity index (χ1v) is 13.2. The minimum absolute atomic E-state index is 0.0718. The Morgan fingerprint density at radius 2 is 1.57 bits per heavy atom. The van der Waals surface area contributed by atoms with E-state index in [0.29, 0.717) is 12.1 Å². The Balaban J connectivity index is 1.35. The topological polar surface area (TPSA) is 36.0 Å². The van der Waals surface area contributed by atoms with Crippen molar-refractivity contribution in [1.29, 1.82) is 0 Å². The molecule has 10 heteroatoms. The Bertz CT molecular complexity index is 1340. The summed E-state index contributed by atoms with van der Waals surface area (Å²) in [6, 6.07) is 16.2. The molecule has 2 saturated heterocycles. The lowest BCUT2D eigenvalue weighted by Crippen LogP contribution is -2.48. The second kappa shape index (κ2) is 11.4. The molecule has 3 aromatic carbocycles. The van der Waals surface area contributed by atoms with E-state index in [1.165, 1.54) is 17.0 Å². The summed E-state index contributed by atoms with van der Waals surface area (Å²) in [5, 5.41) is 0. The summed E-state index contributed by atoms with van der Waals surface area (Å²) < 4.78 is 74.7. The first-order valence-electron chi connectivity index (χ1n) is 13.2. The number of carbonyl (C=O) groups is 1. The van der Waals surface area contributed by atoms with Crippen LogP contribution in [0.15, 0.2) is 66.7 Å². The van der Waals surface area contributed by atoms with Crippen molar-refractivity contribution in [2.24, 2.45) is 5.92 Å². The Kier molecular flexibility index (Phi) is 7.98. The van der Waals surface area contributed by atoms with Gasteiger partial charge in [-0.2, -0.15) is 13.2 Å². The van der Waals surface area contributed by atoms with Gasteiger partial charge < -0.3 is 14.5 Å². The van der Waals surface area contributed by atoms with E-state index in [0.717, 1.165) is 61.9 Å². The molecule has 1 amide bonds. The van der Waals surface area contributed by atoms with Crippen molar-refractivity contribution in [1.82, 2.24) is 9.80 Å². The van der Waals surface area contributed by atoms with E-state index in [4.69, 9.17) is 4.74 Å². The summed E-state index contributed by atoms with van der Waals surface area (Å²) in [6.45, 7) is 3.73. The van der Waals surface area contributed by atoms with Gasteiger partial charge in [0, 0.05) is 63.5 Å². The zero-order valence-electron chi connectivity index (χ0n) is 22.0. The summed E-state index contributed by atoms with van der Waals surface area (Å²) in [7, 11) is 1.62. The van der Waals surface area contributed by atoms with Crippen molar-refractivity contribution in [2.75, 3.05) is 57.8 Å². The molecule has 0 bridgehead atoms. The van der Waals surface area contributed by atoms with E-state index in [2.05, 4.69) is 9.80 Å². The van der Waals surface area contributed by atoms with Gasteiger partial charge in [0.05, 0.1) is 12.7 Å². The molecule has 0 aromatic heterocycles. The third kappa shape index (κ3) is 5.91. The van der Waals surface area contributed by atoms with Crippen LogP contribution in [0.4, 0.5) is 27.6 Å². The van der Waals surface area contributed by atoms with Crippen LogP contribution in [0, 0.1) is 17.6 Å². The predicted octanol–water partition coefficient (Wildman–Crippen LogP) is 5.67. The molecule has 2 heterocycles. The number of anilines is 1. The van der Waals surface area contributed by atoms with Crippen molar-refractivity contribution in [3.8, 4) is 5.75 Å². The van der Waals surface area contributed by atoms with Crippen LogP contribution < -0.4 is 9.64 Å². The number of amides is 1. The number of carbonyl (C=O) groups excluding carboxylic acids is 1. The van der Waals surface area contributed by atoms with Gasteiger partial charge in [-0.3, -0.25) is 9.69 Å². The Morgan fingerprint density at radius 1 is 0.900 bits per heavy atom. The standard InChI is InChI=1S/C30H30F5N3O2/c1-40-24-8-3-7-23(16-24)37-13-11-36(12-14-37)17-21-18-38(29(39)28-26(31)9-4-10-27(28)32)19-25(21)20-5-2-6-22(15-20)30(33,34)35/h2-10,15-16,21,25H,11-14,17-19H2,1H3/t21-,25-/m0/s1. The zero-order chi connectivity index (χ0) is 28.4. The number of hydrogen-bond acceptors (Lipinski definition) is 4. The van der Waals surface area contributed by atoms with E-state index in [-0.39, 0.29) is 19.0 Å². The van der Waals surface area contributed by atoms with Gasteiger partial charge in [0.2, 0.25) is 0 Å². The van der Waals surface area contributed by atoms with Gasteiger partial charge in [0.15, 0.2) is 0 Å². The van der Waals surface area contributed by atoms with Gasteiger partial charge in [0.25, 0.3) is 5.91 Å². The Hall–Kier alpha value is -3.66. The van der Waals surface area contributed by atoms with Crippen LogP contribution in [0.5, 0.6) is 5.75 Å². The third-order valence-corrected chi connectivity index (χ3v) is 7.83. The minimum Gasteiger partial charge on any atom is -0.497 e. The monoisotopic (exact) mass is 559 g/mol. The van der Waals surface area contributed by atoms with Gasteiger partial charge >= 0.3 is 6.18 Å². The number of halogens is 5. The molecule has 0 N–H and O–H groups in total. The fourth-order valence-electron chi connectivity index (χ4n) is 5.73. The predicted molar refractivity (Wildman–Crippen MR) is 142 cm³/mol. The second-order valence-corrected chi connectivity index (χ2v) is 10.3. The molecule has 0 aliphatic carbocycles. The Labute approximate surface area is 229 Å². The van der Waals surface area contributed by atoms with Gasteiger partial charge in [-0.05, 0) is 41.8 Å². The molecule has 5 rings (SSSR count). The number of piperazine rings is 1. The van der Waals surface area contributed by atoms with Crippen molar-refractivity contribution in [2.45, 2.75) is 12.1 Å². The lowest BCUT2D eigenvalue weighted by molar-refractivity contribution is -0.137. The smallest absolute Gasteiger partial charge is 0.416 e. The Morgan fingerprint density at radius 3 is 2.25 bits per heavy atom. The molecule has 0 unspecified atom stereocenters. The molecule has 2 aliphatic rings. The fraction of sp³-hybridized carbons (Fsp3) is 0.367. The van der Waals surface area contributed by atoms with E-state index < -0.39 is 40.8 Å². The van der Waals surface area contributed by atoms with Crippen LogP contribution in [0.3, 0.4) is 0 Å². The molecule has 2 aliphatic heterocycles. The maximum atomic E-state index is 14.4. The van der Waals surface area contributed by atoms with Gasteiger partial charge in [-0.1, -0.05) is 30.3 Å². The molecule has 212 valence electrons. The molecule has 2 fully saturated rings. The largest absolute Gasteiger partial charge is 0.497 e. The maximum Gasteiger partial charge on any atom is 0.416 e. The summed E-state index contributed by atoms with van der Waals surface area (Å²) in [5.41, 5.74) is 0.1000. The number of benzene rings is 3. The quantitative estimate of drug-likeness (QED) is 0.365. The van der Waals surface area contributed by atoms with Crippen molar-refractivity contribution in [3.05, 3.63) is 95.1 Å². The number of methoxy groups -OCH3 is 1. The maximum absolute atomic E-state index is 14.4.